The lowest BCUT2D eigenvalue weighted by molar-refractivity contribution is -0.0742. The molecule has 0 unspecified atom stereocenters. The third-order valence-electron chi connectivity index (χ3n) is 2.01. The van der Waals surface area contributed by atoms with E-state index in [1.165, 1.54) is 0 Å². The fourth-order valence-corrected chi connectivity index (χ4v) is 1.57. The normalized spacial score (nSPS) is 12.8. The van der Waals surface area contributed by atoms with Gasteiger partial charge in [0.1, 0.15) is 6.79 Å². The molecule has 1 aromatic rings. The van der Waals surface area contributed by atoms with Gasteiger partial charge in [-0.1, -0.05) is 36.7 Å². The number of ether oxygens (including phenoxy) is 2. The van der Waals surface area contributed by atoms with Crippen LogP contribution < -0.4 is 0 Å². The standard InChI is InChI=1S/C11H15ClO2/c1-3-11(14-8-13-2)9-6-4-5-7-10(9)12/h4-7,11H,3,8H2,1-2H3/t11-/m1/s1. The van der Waals surface area contributed by atoms with Gasteiger partial charge in [0.25, 0.3) is 0 Å². The molecule has 0 saturated heterocycles. The Morgan fingerprint density at radius 1 is 1.36 bits per heavy atom. The van der Waals surface area contributed by atoms with E-state index in [-0.39, 0.29) is 6.10 Å². The third kappa shape index (κ3) is 2.98. The molecule has 2 nitrogen and oxygen atoms in total. The van der Waals surface area contributed by atoms with Crippen LogP contribution in [0.15, 0.2) is 24.3 Å². The summed E-state index contributed by atoms with van der Waals surface area (Å²) in [6.45, 7) is 2.35. The Kier molecular flexibility index (Phi) is 4.94. The van der Waals surface area contributed by atoms with E-state index in [1.807, 2.05) is 24.3 Å². The molecule has 0 heterocycles. The maximum atomic E-state index is 6.06. The van der Waals surface area contributed by atoms with Gasteiger partial charge in [0.15, 0.2) is 0 Å². The van der Waals surface area contributed by atoms with Crippen molar-refractivity contribution in [2.24, 2.45) is 0 Å². The molecule has 0 aliphatic carbocycles. The zero-order chi connectivity index (χ0) is 10.4. The molecule has 0 N–H and O–H groups in total. The summed E-state index contributed by atoms with van der Waals surface area (Å²) in [6.07, 6.45) is 0.899. The summed E-state index contributed by atoms with van der Waals surface area (Å²) in [5.41, 5.74) is 1.02. The average molecular weight is 215 g/mol. The summed E-state index contributed by atoms with van der Waals surface area (Å²) in [6, 6.07) is 7.72. The van der Waals surface area contributed by atoms with Crippen molar-refractivity contribution in [2.45, 2.75) is 19.4 Å². The van der Waals surface area contributed by atoms with Crippen LogP contribution in [0.1, 0.15) is 25.0 Å². The van der Waals surface area contributed by atoms with Crippen molar-refractivity contribution in [3.8, 4) is 0 Å². The van der Waals surface area contributed by atoms with Gasteiger partial charge in [-0.25, -0.2) is 0 Å². The van der Waals surface area contributed by atoms with Gasteiger partial charge in [-0.2, -0.15) is 0 Å². The van der Waals surface area contributed by atoms with Crippen LogP contribution in [0.4, 0.5) is 0 Å². The van der Waals surface area contributed by atoms with E-state index < -0.39 is 0 Å². The second-order valence-corrected chi connectivity index (χ2v) is 3.40. The number of hydrogen-bond acceptors (Lipinski definition) is 2. The molecule has 0 amide bonds. The monoisotopic (exact) mass is 214 g/mol. The highest BCUT2D eigenvalue weighted by Gasteiger charge is 2.12. The van der Waals surface area contributed by atoms with Gasteiger partial charge in [0, 0.05) is 12.1 Å². The molecule has 0 aliphatic heterocycles. The quantitative estimate of drug-likeness (QED) is 0.700. The summed E-state index contributed by atoms with van der Waals surface area (Å²) in [5, 5.41) is 0.746. The topological polar surface area (TPSA) is 18.5 Å². The van der Waals surface area contributed by atoms with Crippen LogP contribution in [0.25, 0.3) is 0 Å². The Bertz CT molecular complexity index is 276. The molecular formula is C11H15ClO2. The first kappa shape index (κ1) is 11.5. The lowest BCUT2D eigenvalue weighted by atomic mass is 10.1. The predicted molar refractivity (Wildman–Crippen MR) is 57.4 cm³/mol. The molecule has 14 heavy (non-hydrogen) atoms. The largest absolute Gasteiger partial charge is 0.359 e. The summed E-state index contributed by atoms with van der Waals surface area (Å²) in [4.78, 5) is 0. The van der Waals surface area contributed by atoms with E-state index in [0.29, 0.717) is 6.79 Å². The van der Waals surface area contributed by atoms with Crippen LogP contribution in [0.3, 0.4) is 0 Å². The van der Waals surface area contributed by atoms with Crippen LogP contribution in [0.2, 0.25) is 5.02 Å². The van der Waals surface area contributed by atoms with Crippen molar-refractivity contribution in [2.75, 3.05) is 13.9 Å². The predicted octanol–water partition coefficient (Wildman–Crippen LogP) is 3.41. The average Bonchev–Trinajstić information content (AvgIpc) is 2.21. The molecule has 0 fully saturated rings. The maximum absolute atomic E-state index is 6.06. The van der Waals surface area contributed by atoms with Crippen molar-refractivity contribution >= 4 is 11.6 Å². The molecule has 0 bridgehead atoms. The lowest BCUT2D eigenvalue weighted by Gasteiger charge is -2.16. The Labute approximate surface area is 89.8 Å². The van der Waals surface area contributed by atoms with Crippen molar-refractivity contribution < 1.29 is 9.47 Å². The summed E-state index contributed by atoms with van der Waals surface area (Å²) in [5.74, 6) is 0. The maximum Gasteiger partial charge on any atom is 0.147 e. The van der Waals surface area contributed by atoms with E-state index in [2.05, 4.69) is 6.92 Å². The zero-order valence-corrected chi connectivity index (χ0v) is 9.25. The minimum absolute atomic E-state index is 0.0173. The van der Waals surface area contributed by atoms with Crippen LogP contribution in [0.5, 0.6) is 0 Å². The zero-order valence-electron chi connectivity index (χ0n) is 8.50. The van der Waals surface area contributed by atoms with E-state index >= 15 is 0 Å². The fraction of sp³-hybridized carbons (Fsp3) is 0.455. The molecule has 0 aliphatic rings. The van der Waals surface area contributed by atoms with Gasteiger partial charge in [-0.15, -0.1) is 0 Å². The molecule has 1 atom stereocenters. The molecule has 1 aromatic carbocycles. The second kappa shape index (κ2) is 6.02. The number of methoxy groups -OCH3 is 1. The van der Waals surface area contributed by atoms with Crippen LogP contribution >= 0.6 is 11.6 Å². The number of hydrogen-bond donors (Lipinski definition) is 0. The van der Waals surface area contributed by atoms with Crippen LogP contribution in [-0.2, 0) is 9.47 Å². The molecule has 0 saturated carbocycles. The Balaban J connectivity index is 2.73. The van der Waals surface area contributed by atoms with Gasteiger partial charge in [-0.3, -0.25) is 0 Å². The molecule has 0 radical (unpaired) electrons. The van der Waals surface area contributed by atoms with E-state index in [1.54, 1.807) is 7.11 Å². The molecule has 78 valence electrons. The first-order valence-corrected chi connectivity index (χ1v) is 5.02. The highest BCUT2D eigenvalue weighted by Crippen LogP contribution is 2.27. The van der Waals surface area contributed by atoms with Gasteiger partial charge in [0.2, 0.25) is 0 Å². The van der Waals surface area contributed by atoms with Crippen molar-refractivity contribution in [3.05, 3.63) is 34.9 Å². The number of benzene rings is 1. The molecule has 3 heteroatoms. The Morgan fingerprint density at radius 3 is 2.64 bits per heavy atom. The third-order valence-corrected chi connectivity index (χ3v) is 2.35. The van der Waals surface area contributed by atoms with Gasteiger partial charge in [0.05, 0.1) is 6.10 Å². The van der Waals surface area contributed by atoms with Gasteiger partial charge in [-0.05, 0) is 18.1 Å². The smallest absolute Gasteiger partial charge is 0.147 e. The first-order valence-electron chi connectivity index (χ1n) is 4.64. The Hall–Kier alpha value is -0.570. The van der Waals surface area contributed by atoms with Crippen molar-refractivity contribution in [3.63, 3.8) is 0 Å². The van der Waals surface area contributed by atoms with E-state index in [9.17, 15) is 0 Å². The molecule has 0 aromatic heterocycles. The van der Waals surface area contributed by atoms with Crippen LogP contribution in [-0.4, -0.2) is 13.9 Å². The summed E-state index contributed by atoms with van der Waals surface area (Å²) < 4.78 is 10.4. The van der Waals surface area contributed by atoms with E-state index in [0.717, 1.165) is 17.0 Å². The first-order chi connectivity index (χ1) is 6.79. The lowest BCUT2D eigenvalue weighted by Crippen LogP contribution is -2.06. The molecular weight excluding hydrogens is 200 g/mol. The van der Waals surface area contributed by atoms with Gasteiger partial charge >= 0.3 is 0 Å². The summed E-state index contributed by atoms with van der Waals surface area (Å²) in [7, 11) is 1.61. The highest BCUT2D eigenvalue weighted by molar-refractivity contribution is 6.31. The van der Waals surface area contributed by atoms with Gasteiger partial charge < -0.3 is 9.47 Å². The number of rotatable bonds is 5. The SMILES string of the molecule is CC[C@@H](OCOC)c1ccccc1Cl. The second-order valence-electron chi connectivity index (χ2n) is 2.99. The minimum atomic E-state index is 0.0173. The molecule has 1 rings (SSSR count). The van der Waals surface area contributed by atoms with Crippen molar-refractivity contribution in [1.82, 2.24) is 0 Å². The highest BCUT2D eigenvalue weighted by atomic mass is 35.5. The van der Waals surface area contributed by atoms with E-state index in [4.69, 9.17) is 21.1 Å². The number of halogens is 1. The molecule has 0 spiro atoms. The Morgan fingerprint density at radius 2 is 2.07 bits per heavy atom. The fourth-order valence-electron chi connectivity index (χ4n) is 1.31. The van der Waals surface area contributed by atoms with Crippen molar-refractivity contribution in [1.29, 1.82) is 0 Å². The van der Waals surface area contributed by atoms with Crippen LogP contribution in [0, 0.1) is 0 Å². The minimum Gasteiger partial charge on any atom is -0.359 e. The summed E-state index contributed by atoms with van der Waals surface area (Å²) >= 11 is 6.06.